The number of aliphatic carboxylic acids is 1. The van der Waals surface area contributed by atoms with Gasteiger partial charge in [0.2, 0.25) is 0 Å². The van der Waals surface area contributed by atoms with Gasteiger partial charge in [-0.05, 0) is 18.6 Å². The maximum absolute atomic E-state index is 11.1. The molecular weight excluding hydrogens is 218 g/mol. The summed E-state index contributed by atoms with van der Waals surface area (Å²) in [5.41, 5.74) is 1.47. The zero-order chi connectivity index (χ0) is 12.4. The molecule has 4 heteroatoms. The normalized spacial score (nSPS) is 12.5. The third kappa shape index (κ3) is 2.20. The lowest BCUT2D eigenvalue weighted by Gasteiger charge is -2.15. The molecule has 0 radical (unpaired) electrons. The number of fused-ring (bicyclic) bond motifs is 1. The topological polar surface area (TPSA) is 73.0 Å². The first kappa shape index (κ1) is 11.4. The quantitative estimate of drug-likeness (QED) is 0.850. The molecule has 1 heterocycles. The zero-order valence-corrected chi connectivity index (χ0v) is 9.40. The van der Waals surface area contributed by atoms with Crippen LogP contribution in [0, 0.1) is 0 Å². The molecule has 0 fully saturated rings. The number of benzene rings is 1. The number of carbonyl (C=O) groups is 2. The average Bonchev–Trinajstić information content (AvgIpc) is 2.69. The van der Waals surface area contributed by atoms with Crippen molar-refractivity contribution in [3.05, 3.63) is 36.0 Å². The monoisotopic (exact) mass is 230 g/mol. The molecule has 0 aliphatic carbocycles. The van der Waals surface area contributed by atoms with Gasteiger partial charge in [-0.2, -0.15) is 0 Å². The van der Waals surface area contributed by atoms with Crippen LogP contribution < -0.4 is 5.11 Å². The summed E-state index contributed by atoms with van der Waals surface area (Å²) in [6, 6.07) is 7.39. The maximum Gasteiger partial charge on any atom is 0.130 e. The predicted molar refractivity (Wildman–Crippen MR) is 61.3 cm³/mol. The van der Waals surface area contributed by atoms with Crippen molar-refractivity contribution in [2.24, 2.45) is 0 Å². The van der Waals surface area contributed by atoms with Crippen LogP contribution in [-0.4, -0.2) is 16.7 Å². The van der Waals surface area contributed by atoms with Gasteiger partial charge in [0.25, 0.3) is 0 Å². The number of Topliss-reactive ketones (excluding diaryl/α,β-unsaturated/α-hetero) is 1. The van der Waals surface area contributed by atoms with Crippen LogP contribution in [0.4, 0.5) is 0 Å². The number of nitrogens with one attached hydrogen (secondary N) is 1. The number of carbonyl (C=O) groups excluding carboxylic acids is 2. The molecule has 0 spiro atoms. The number of hydrogen-bond donors (Lipinski definition) is 1. The lowest BCUT2D eigenvalue weighted by Crippen LogP contribution is -2.30. The highest BCUT2D eigenvalue weighted by Crippen LogP contribution is 2.27. The van der Waals surface area contributed by atoms with E-state index in [4.69, 9.17) is 0 Å². The smallest absolute Gasteiger partial charge is 0.130 e. The largest absolute Gasteiger partial charge is 0.549 e. The number of carboxylic acids is 1. The van der Waals surface area contributed by atoms with Crippen molar-refractivity contribution < 1.29 is 14.7 Å². The van der Waals surface area contributed by atoms with E-state index in [1.54, 1.807) is 6.20 Å². The first-order chi connectivity index (χ1) is 8.09. The molecule has 88 valence electrons. The first-order valence-corrected chi connectivity index (χ1v) is 5.36. The molecule has 0 saturated heterocycles. The van der Waals surface area contributed by atoms with Gasteiger partial charge in [-0.25, -0.2) is 0 Å². The molecule has 1 N–H and O–H groups in total. The van der Waals surface area contributed by atoms with Gasteiger partial charge in [0, 0.05) is 35.4 Å². The summed E-state index contributed by atoms with van der Waals surface area (Å²) in [4.78, 5) is 25.2. The fourth-order valence-electron chi connectivity index (χ4n) is 1.99. The van der Waals surface area contributed by atoms with Crippen LogP contribution in [0.5, 0.6) is 0 Å². The van der Waals surface area contributed by atoms with Crippen LogP contribution in [0.3, 0.4) is 0 Å². The van der Waals surface area contributed by atoms with E-state index < -0.39 is 11.9 Å². The number of carboxylic acid groups (broad SMARTS) is 1. The van der Waals surface area contributed by atoms with E-state index in [1.165, 1.54) is 6.92 Å². The molecular formula is C13H12NO3-. The van der Waals surface area contributed by atoms with Gasteiger partial charge in [-0.1, -0.05) is 18.2 Å². The summed E-state index contributed by atoms with van der Waals surface area (Å²) < 4.78 is 0. The van der Waals surface area contributed by atoms with E-state index in [-0.39, 0.29) is 12.2 Å². The maximum atomic E-state index is 11.1. The minimum atomic E-state index is -1.22. The Morgan fingerprint density at radius 2 is 2.06 bits per heavy atom. The van der Waals surface area contributed by atoms with Crippen LogP contribution in [-0.2, 0) is 9.59 Å². The second kappa shape index (κ2) is 4.41. The van der Waals surface area contributed by atoms with Gasteiger partial charge in [-0.15, -0.1) is 0 Å². The van der Waals surface area contributed by atoms with E-state index in [0.717, 1.165) is 10.9 Å². The fraction of sp³-hybridized carbons (Fsp3) is 0.231. The predicted octanol–water partition coefficient (Wildman–Crippen LogP) is 0.980. The van der Waals surface area contributed by atoms with E-state index in [2.05, 4.69) is 4.98 Å². The summed E-state index contributed by atoms with van der Waals surface area (Å²) in [7, 11) is 0. The van der Waals surface area contributed by atoms with Crippen LogP contribution in [0.1, 0.15) is 24.8 Å². The van der Waals surface area contributed by atoms with Gasteiger partial charge in [0.05, 0.1) is 0 Å². The Balaban J connectivity index is 2.48. The summed E-state index contributed by atoms with van der Waals surface area (Å²) in [6.45, 7) is 1.38. The van der Waals surface area contributed by atoms with Gasteiger partial charge < -0.3 is 14.9 Å². The average molecular weight is 230 g/mol. The molecule has 1 aromatic carbocycles. The van der Waals surface area contributed by atoms with Crippen LogP contribution in [0.25, 0.3) is 10.9 Å². The second-order valence-electron chi connectivity index (χ2n) is 4.07. The summed E-state index contributed by atoms with van der Waals surface area (Å²) in [5, 5.41) is 11.9. The third-order valence-corrected chi connectivity index (χ3v) is 2.77. The van der Waals surface area contributed by atoms with Gasteiger partial charge in [0.15, 0.2) is 0 Å². The fourth-order valence-corrected chi connectivity index (χ4v) is 1.99. The number of hydrogen-bond acceptors (Lipinski definition) is 3. The van der Waals surface area contributed by atoms with E-state index in [9.17, 15) is 14.7 Å². The SMILES string of the molecule is CC(=O)C[C@@H](C(=O)[O-])c1c[nH]c2ccccc12. The molecule has 0 amide bonds. The number of aromatic nitrogens is 1. The van der Waals surface area contributed by atoms with E-state index in [1.807, 2.05) is 24.3 Å². The van der Waals surface area contributed by atoms with Crippen LogP contribution in [0.15, 0.2) is 30.5 Å². The molecule has 17 heavy (non-hydrogen) atoms. The van der Waals surface area contributed by atoms with Crippen LogP contribution in [0.2, 0.25) is 0 Å². The summed E-state index contributed by atoms with van der Waals surface area (Å²) in [6.07, 6.45) is 1.60. The first-order valence-electron chi connectivity index (χ1n) is 5.36. The summed E-state index contributed by atoms with van der Waals surface area (Å²) >= 11 is 0. The lowest BCUT2D eigenvalue weighted by molar-refractivity contribution is -0.308. The lowest BCUT2D eigenvalue weighted by atomic mass is 9.94. The Morgan fingerprint density at radius 3 is 2.71 bits per heavy atom. The Kier molecular flexibility index (Phi) is 2.95. The number of ketones is 1. The standard InChI is InChI=1S/C13H13NO3/c1-8(15)6-10(13(16)17)11-7-14-12-5-3-2-4-9(11)12/h2-5,7,10,14H,6H2,1H3,(H,16,17)/p-1/t10-/m1/s1. The van der Waals surface area contributed by atoms with Gasteiger partial charge >= 0.3 is 0 Å². The molecule has 0 unspecified atom stereocenters. The molecule has 1 atom stereocenters. The zero-order valence-electron chi connectivity index (χ0n) is 9.40. The molecule has 1 aromatic heterocycles. The molecule has 2 rings (SSSR count). The third-order valence-electron chi connectivity index (χ3n) is 2.77. The summed E-state index contributed by atoms with van der Waals surface area (Å²) in [5.74, 6) is -2.27. The van der Waals surface area contributed by atoms with E-state index >= 15 is 0 Å². The van der Waals surface area contributed by atoms with Crippen molar-refractivity contribution >= 4 is 22.7 Å². The molecule has 0 aliphatic rings. The van der Waals surface area contributed by atoms with E-state index in [0.29, 0.717) is 5.56 Å². The van der Waals surface area contributed by atoms with Gasteiger partial charge in [0.1, 0.15) is 5.78 Å². The Labute approximate surface area is 98.3 Å². The van der Waals surface area contributed by atoms with Crippen molar-refractivity contribution in [1.82, 2.24) is 4.98 Å². The Bertz CT molecular complexity index is 571. The van der Waals surface area contributed by atoms with Crippen LogP contribution >= 0.6 is 0 Å². The molecule has 4 nitrogen and oxygen atoms in total. The highest BCUT2D eigenvalue weighted by Gasteiger charge is 2.18. The van der Waals surface area contributed by atoms with Crippen molar-refractivity contribution in [2.45, 2.75) is 19.3 Å². The molecule has 0 bridgehead atoms. The number of para-hydroxylation sites is 1. The van der Waals surface area contributed by atoms with Crippen molar-refractivity contribution in [3.8, 4) is 0 Å². The molecule has 2 aromatic rings. The minimum absolute atomic E-state index is 0.0375. The number of rotatable bonds is 4. The second-order valence-corrected chi connectivity index (χ2v) is 4.07. The molecule has 0 saturated carbocycles. The van der Waals surface area contributed by atoms with Crippen molar-refractivity contribution in [2.75, 3.05) is 0 Å². The van der Waals surface area contributed by atoms with Crippen molar-refractivity contribution in [1.29, 1.82) is 0 Å². The highest BCUT2D eigenvalue weighted by atomic mass is 16.4. The van der Waals surface area contributed by atoms with Crippen molar-refractivity contribution in [3.63, 3.8) is 0 Å². The number of H-pyrrole nitrogens is 1. The Hall–Kier alpha value is -2.10. The molecule has 0 aliphatic heterocycles. The Morgan fingerprint density at radius 1 is 1.35 bits per heavy atom. The number of aromatic amines is 1. The minimum Gasteiger partial charge on any atom is -0.549 e. The van der Waals surface area contributed by atoms with Gasteiger partial charge in [-0.3, -0.25) is 4.79 Å². The highest BCUT2D eigenvalue weighted by molar-refractivity contribution is 5.91.